The molecular formula is C16H19ClO4. The minimum Gasteiger partial charge on any atom is -0.480 e. The lowest BCUT2D eigenvalue weighted by atomic mass is 9.75. The summed E-state index contributed by atoms with van der Waals surface area (Å²) in [6, 6.07) is 6.82. The van der Waals surface area contributed by atoms with E-state index >= 15 is 0 Å². The Balaban J connectivity index is 3.46. The van der Waals surface area contributed by atoms with Crippen LogP contribution in [0, 0.1) is 6.92 Å². The normalized spacial score (nSPS) is 14.4. The average molecular weight is 311 g/mol. The quantitative estimate of drug-likeness (QED) is 0.646. The number of hydrogen-bond acceptors (Lipinski definition) is 3. The molecule has 1 rings (SSSR count). The highest BCUT2D eigenvalue weighted by Gasteiger charge is 2.49. The molecule has 1 N–H and O–H groups in total. The number of ether oxygens (including phenoxy) is 1. The van der Waals surface area contributed by atoms with Gasteiger partial charge in [-0.3, -0.25) is 9.59 Å². The van der Waals surface area contributed by atoms with Crippen LogP contribution in [0.2, 0.25) is 0 Å². The van der Waals surface area contributed by atoms with Crippen LogP contribution in [0.3, 0.4) is 0 Å². The first kappa shape index (κ1) is 17.2. The number of carboxylic acid groups (broad SMARTS) is 1. The van der Waals surface area contributed by atoms with Gasteiger partial charge >= 0.3 is 11.9 Å². The Morgan fingerprint density at radius 1 is 1.33 bits per heavy atom. The molecule has 1 aromatic rings. The third-order valence-electron chi connectivity index (χ3n) is 3.26. The first-order valence-electron chi connectivity index (χ1n) is 6.62. The van der Waals surface area contributed by atoms with E-state index in [2.05, 4.69) is 0 Å². The first-order valence-corrected chi connectivity index (χ1v) is 7.05. The van der Waals surface area contributed by atoms with Crippen LogP contribution in [0.25, 0.3) is 0 Å². The number of halogens is 1. The van der Waals surface area contributed by atoms with Crippen LogP contribution in [0.1, 0.15) is 31.4 Å². The number of allylic oxidation sites excluding steroid dienone is 1. The maximum Gasteiger partial charge on any atom is 0.328 e. The third-order valence-corrected chi connectivity index (χ3v) is 3.64. The van der Waals surface area contributed by atoms with Crippen molar-refractivity contribution in [3.8, 4) is 0 Å². The number of benzene rings is 1. The van der Waals surface area contributed by atoms with Crippen LogP contribution in [0.5, 0.6) is 0 Å². The number of carbonyl (C=O) groups is 2. The topological polar surface area (TPSA) is 63.6 Å². The molecule has 1 aromatic carbocycles. The van der Waals surface area contributed by atoms with Crippen LogP contribution in [-0.2, 0) is 19.7 Å². The van der Waals surface area contributed by atoms with E-state index in [0.717, 1.165) is 5.56 Å². The molecule has 0 aliphatic rings. The third kappa shape index (κ3) is 3.64. The summed E-state index contributed by atoms with van der Waals surface area (Å²) in [4.78, 5) is 24.3. The van der Waals surface area contributed by atoms with Crippen molar-refractivity contribution in [2.24, 2.45) is 0 Å². The molecule has 1 atom stereocenters. The van der Waals surface area contributed by atoms with Gasteiger partial charge in [-0.1, -0.05) is 47.0 Å². The molecule has 114 valence electrons. The molecule has 0 heterocycles. The largest absolute Gasteiger partial charge is 0.480 e. The fraction of sp³-hybridized carbons (Fsp3) is 0.375. The average Bonchev–Trinajstić information content (AvgIpc) is 2.45. The van der Waals surface area contributed by atoms with Gasteiger partial charge in [0.2, 0.25) is 0 Å². The second-order valence-corrected chi connectivity index (χ2v) is 5.15. The van der Waals surface area contributed by atoms with Crippen LogP contribution >= 0.6 is 11.6 Å². The van der Waals surface area contributed by atoms with Crippen molar-refractivity contribution in [1.82, 2.24) is 0 Å². The minimum atomic E-state index is -1.78. The van der Waals surface area contributed by atoms with Crippen molar-refractivity contribution in [2.75, 3.05) is 6.61 Å². The van der Waals surface area contributed by atoms with E-state index in [1.807, 2.05) is 6.92 Å². The second kappa shape index (κ2) is 7.27. The predicted molar refractivity (Wildman–Crippen MR) is 81.4 cm³/mol. The lowest BCUT2D eigenvalue weighted by Crippen LogP contribution is -2.45. The van der Waals surface area contributed by atoms with Crippen molar-refractivity contribution >= 4 is 23.5 Å². The molecule has 0 radical (unpaired) electrons. The molecule has 0 aliphatic carbocycles. The van der Waals surface area contributed by atoms with Crippen molar-refractivity contribution in [3.05, 3.63) is 46.5 Å². The van der Waals surface area contributed by atoms with Crippen molar-refractivity contribution in [3.63, 3.8) is 0 Å². The van der Waals surface area contributed by atoms with Gasteiger partial charge in [0.25, 0.3) is 0 Å². The summed E-state index contributed by atoms with van der Waals surface area (Å²) in [5.41, 5.74) is 1.46. The molecule has 0 fully saturated rings. The molecule has 0 aliphatic heterocycles. The number of rotatable bonds is 6. The van der Waals surface area contributed by atoms with Gasteiger partial charge in [-0.25, -0.2) is 0 Å². The van der Waals surface area contributed by atoms with Crippen LogP contribution in [-0.4, -0.2) is 23.7 Å². The van der Waals surface area contributed by atoms with E-state index in [1.54, 1.807) is 38.1 Å². The summed E-state index contributed by atoms with van der Waals surface area (Å²) in [5.74, 6) is -2.03. The van der Waals surface area contributed by atoms with Gasteiger partial charge in [0.15, 0.2) is 5.41 Å². The smallest absolute Gasteiger partial charge is 0.328 e. The van der Waals surface area contributed by atoms with Gasteiger partial charge in [0, 0.05) is 12.0 Å². The van der Waals surface area contributed by atoms with E-state index < -0.39 is 17.4 Å². The first-order chi connectivity index (χ1) is 9.88. The fourth-order valence-corrected chi connectivity index (χ4v) is 2.20. The molecule has 0 aromatic heterocycles. The molecule has 0 saturated carbocycles. The summed E-state index contributed by atoms with van der Waals surface area (Å²) in [7, 11) is 0. The molecule has 4 nitrogen and oxygen atoms in total. The number of carboxylic acids is 1. The lowest BCUT2D eigenvalue weighted by Gasteiger charge is -2.28. The zero-order valence-electron chi connectivity index (χ0n) is 12.4. The van der Waals surface area contributed by atoms with Gasteiger partial charge in [0.05, 0.1) is 6.61 Å². The van der Waals surface area contributed by atoms with E-state index in [0.29, 0.717) is 11.1 Å². The number of hydrogen-bond donors (Lipinski definition) is 1. The monoisotopic (exact) mass is 310 g/mol. The lowest BCUT2D eigenvalue weighted by molar-refractivity contribution is -0.161. The van der Waals surface area contributed by atoms with Crippen LogP contribution < -0.4 is 0 Å². The summed E-state index contributed by atoms with van der Waals surface area (Å²) in [5, 5.41) is 9.72. The maximum atomic E-state index is 12.4. The predicted octanol–water partition coefficient (Wildman–Crippen LogP) is 3.41. The Bertz CT molecular complexity index is 548. The van der Waals surface area contributed by atoms with Gasteiger partial charge in [-0.05, 0) is 26.3 Å². The Morgan fingerprint density at radius 2 is 1.90 bits per heavy atom. The number of aryl methyl sites for hydroxylation is 1. The maximum absolute atomic E-state index is 12.4. The Labute approximate surface area is 129 Å². The fourth-order valence-electron chi connectivity index (χ4n) is 2.13. The number of aliphatic carboxylic acids is 1. The molecule has 0 saturated heterocycles. The van der Waals surface area contributed by atoms with Gasteiger partial charge in [0.1, 0.15) is 0 Å². The summed E-state index contributed by atoms with van der Waals surface area (Å²) < 4.78 is 5.01. The molecule has 0 bridgehead atoms. The molecular weight excluding hydrogens is 292 g/mol. The van der Waals surface area contributed by atoms with Crippen molar-refractivity contribution in [1.29, 1.82) is 0 Å². The molecule has 1 unspecified atom stereocenters. The molecule has 21 heavy (non-hydrogen) atoms. The summed E-state index contributed by atoms with van der Waals surface area (Å²) in [6.45, 7) is 5.33. The SMILES string of the molecule is CCOC(=O)C(C/C(C)=C/Cl)(C(=O)O)c1ccc(C)cc1. The van der Waals surface area contributed by atoms with Gasteiger partial charge in [-0.2, -0.15) is 0 Å². The zero-order valence-corrected chi connectivity index (χ0v) is 13.1. The van der Waals surface area contributed by atoms with E-state index in [1.165, 1.54) is 5.54 Å². The number of esters is 1. The standard InChI is InChI=1S/C16H19ClO4/c1-4-21-15(20)16(14(18)19,9-12(3)10-17)13-7-5-11(2)6-8-13/h5-8,10H,4,9H2,1-3H3,(H,18,19)/b12-10+. The second-order valence-electron chi connectivity index (χ2n) is 4.93. The highest BCUT2D eigenvalue weighted by Crippen LogP contribution is 2.34. The molecule has 0 spiro atoms. The van der Waals surface area contributed by atoms with E-state index in [-0.39, 0.29) is 13.0 Å². The van der Waals surface area contributed by atoms with Crippen LogP contribution in [0.15, 0.2) is 35.4 Å². The van der Waals surface area contributed by atoms with Crippen molar-refractivity contribution in [2.45, 2.75) is 32.6 Å². The van der Waals surface area contributed by atoms with E-state index in [4.69, 9.17) is 16.3 Å². The van der Waals surface area contributed by atoms with Crippen molar-refractivity contribution < 1.29 is 19.4 Å². The summed E-state index contributed by atoms with van der Waals surface area (Å²) in [6.07, 6.45) is -0.0340. The van der Waals surface area contributed by atoms with Gasteiger partial charge in [-0.15, -0.1) is 0 Å². The number of carbonyl (C=O) groups excluding carboxylic acids is 1. The molecule has 0 amide bonds. The zero-order chi connectivity index (χ0) is 16.0. The minimum absolute atomic E-state index is 0.0340. The van der Waals surface area contributed by atoms with Gasteiger partial charge < -0.3 is 9.84 Å². The van der Waals surface area contributed by atoms with Crippen LogP contribution in [0.4, 0.5) is 0 Å². The highest BCUT2D eigenvalue weighted by molar-refractivity contribution is 6.25. The molecule has 5 heteroatoms. The Morgan fingerprint density at radius 3 is 2.33 bits per heavy atom. The van der Waals surface area contributed by atoms with E-state index in [9.17, 15) is 14.7 Å². The summed E-state index contributed by atoms with van der Waals surface area (Å²) >= 11 is 5.65. The Kier molecular flexibility index (Phi) is 5.97. The highest BCUT2D eigenvalue weighted by atomic mass is 35.5. The Hall–Kier alpha value is -1.81.